The molecule has 1 fully saturated rings. The van der Waals surface area contributed by atoms with Crippen molar-refractivity contribution in [2.75, 3.05) is 27.2 Å². The van der Waals surface area contributed by atoms with Gasteiger partial charge in [-0.2, -0.15) is 0 Å². The minimum Gasteiger partial charge on any atom is -0.494 e. The first-order chi connectivity index (χ1) is 18.8. The van der Waals surface area contributed by atoms with Gasteiger partial charge < -0.3 is 19.4 Å². The van der Waals surface area contributed by atoms with Gasteiger partial charge in [0.25, 0.3) is 0 Å². The molecule has 1 heterocycles. The van der Waals surface area contributed by atoms with E-state index < -0.39 is 5.60 Å². The Hall–Kier alpha value is -2.83. The fourth-order valence-electron chi connectivity index (χ4n) is 6.29. The topological polar surface area (TPSA) is 67.5 Å². The van der Waals surface area contributed by atoms with Gasteiger partial charge in [-0.1, -0.05) is 61.9 Å². The summed E-state index contributed by atoms with van der Waals surface area (Å²) in [5.41, 5.74) is 3.90. The van der Waals surface area contributed by atoms with Crippen molar-refractivity contribution < 1.29 is 14.3 Å². The van der Waals surface area contributed by atoms with Crippen molar-refractivity contribution >= 4 is 34.2 Å². The van der Waals surface area contributed by atoms with Gasteiger partial charge >= 0.3 is 5.97 Å². The smallest absolute Gasteiger partial charge is 0.308 e. The third kappa shape index (κ3) is 5.87. The van der Waals surface area contributed by atoms with Crippen LogP contribution in [0.4, 0.5) is 0 Å². The number of halogens is 1. The summed E-state index contributed by atoms with van der Waals surface area (Å²) in [6, 6.07) is 14.4. The van der Waals surface area contributed by atoms with Crippen molar-refractivity contribution in [3.05, 3.63) is 65.0 Å². The van der Waals surface area contributed by atoms with Gasteiger partial charge in [0, 0.05) is 25.3 Å². The molecule has 39 heavy (non-hydrogen) atoms. The molecule has 7 heteroatoms. The number of hydrogen-bond acceptors (Lipinski definition) is 5. The Morgan fingerprint density at radius 3 is 2.67 bits per heavy atom. The van der Waals surface area contributed by atoms with Crippen molar-refractivity contribution in [2.45, 2.75) is 58.0 Å². The molecule has 0 radical (unpaired) electrons. The van der Waals surface area contributed by atoms with Gasteiger partial charge in [-0.25, -0.2) is 4.98 Å². The number of allylic oxidation sites excluding steroid dienone is 1. The van der Waals surface area contributed by atoms with E-state index in [1.165, 1.54) is 11.1 Å². The third-order valence-corrected chi connectivity index (χ3v) is 8.80. The van der Waals surface area contributed by atoms with Crippen LogP contribution in [0.3, 0.4) is 0 Å². The molecule has 3 aromatic rings. The predicted octanol–water partition coefficient (Wildman–Crippen LogP) is 6.93. The molecule has 3 aliphatic carbocycles. The maximum Gasteiger partial charge on any atom is 0.308 e. The average Bonchev–Trinajstić information content (AvgIpc) is 3.38. The molecular weight excluding hydrogens is 510 g/mol. The molecule has 0 aliphatic heterocycles. The minimum absolute atomic E-state index is 0.0844. The molecule has 1 aromatic heterocycles. The number of nitrogens with zero attached hydrogens (tertiary/aromatic N) is 2. The average molecular weight is 550 g/mol. The summed E-state index contributed by atoms with van der Waals surface area (Å²) in [4.78, 5) is 23.3. The summed E-state index contributed by atoms with van der Waals surface area (Å²) >= 11 is 6.35. The van der Waals surface area contributed by atoms with E-state index in [-0.39, 0.29) is 17.8 Å². The Labute approximate surface area is 236 Å². The molecule has 6 rings (SSSR count). The van der Waals surface area contributed by atoms with Crippen molar-refractivity contribution in [3.63, 3.8) is 0 Å². The van der Waals surface area contributed by atoms with Gasteiger partial charge in [0.15, 0.2) is 0 Å². The lowest BCUT2D eigenvalue weighted by Gasteiger charge is -2.50. The van der Waals surface area contributed by atoms with Gasteiger partial charge in [-0.3, -0.25) is 4.79 Å². The number of fused-ring (bicyclic) bond motifs is 3. The highest BCUT2D eigenvalue weighted by Gasteiger charge is 2.50. The SMILES string of the molecule is COc1ccc(Cl)c2nc(CCCN(C)CC[C@]3(OC(=O)C(C)C)C[C@H]4CC[C@@H]3C=C4c3ccccc3)[nH]c12. The molecule has 0 saturated heterocycles. The number of H-pyrrole nitrogens is 1. The maximum absolute atomic E-state index is 12.9. The van der Waals surface area contributed by atoms with E-state index in [0.717, 1.165) is 74.2 Å². The van der Waals surface area contributed by atoms with Crippen LogP contribution in [-0.4, -0.2) is 53.7 Å². The number of imidazole rings is 1. The van der Waals surface area contributed by atoms with Crippen molar-refractivity contribution in [1.29, 1.82) is 0 Å². The van der Waals surface area contributed by atoms with E-state index in [2.05, 4.69) is 53.3 Å². The van der Waals surface area contributed by atoms with Crippen molar-refractivity contribution in [2.24, 2.45) is 17.8 Å². The van der Waals surface area contributed by atoms with E-state index >= 15 is 0 Å². The lowest BCUT2D eigenvalue weighted by Crippen LogP contribution is -2.51. The van der Waals surface area contributed by atoms with Crippen LogP contribution in [0, 0.1) is 17.8 Å². The first kappa shape index (κ1) is 27.7. The lowest BCUT2D eigenvalue weighted by molar-refractivity contribution is -0.176. The van der Waals surface area contributed by atoms with Crippen molar-refractivity contribution in [3.8, 4) is 5.75 Å². The second-order valence-electron chi connectivity index (χ2n) is 11.5. The zero-order chi connectivity index (χ0) is 27.6. The number of carbonyl (C=O) groups excluding carboxylic acids is 1. The highest BCUT2D eigenvalue weighted by molar-refractivity contribution is 6.35. The summed E-state index contributed by atoms with van der Waals surface area (Å²) in [5, 5.41) is 0.623. The zero-order valence-corrected chi connectivity index (χ0v) is 24.3. The summed E-state index contributed by atoms with van der Waals surface area (Å²) in [7, 11) is 3.81. The molecule has 3 atom stereocenters. The van der Waals surface area contributed by atoms with E-state index in [1.54, 1.807) is 7.11 Å². The van der Waals surface area contributed by atoms with E-state index in [4.69, 9.17) is 26.1 Å². The van der Waals surface area contributed by atoms with E-state index in [9.17, 15) is 4.79 Å². The van der Waals surface area contributed by atoms with Crippen LogP contribution in [-0.2, 0) is 16.0 Å². The molecule has 0 spiro atoms. The summed E-state index contributed by atoms with van der Waals surface area (Å²) < 4.78 is 11.9. The molecule has 0 unspecified atom stereocenters. The summed E-state index contributed by atoms with van der Waals surface area (Å²) in [6.45, 7) is 5.66. The number of methoxy groups -OCH3 is 1. The number of nitrogens with one attached hydrogen (secondary N) is 1. The van der Waals surface area contributed by atoms with Gasteiger partial charge in [-0.05, 0) is 68.5 Å². The molecule has 1 N–H and O–H groups in total. The van der Waals surface area contributed by atoms with Crippen LogP contribution in [0.2, 0.25) is 5.02 Å². The number of carbonyl (C=O) groups is 1. The van der Waals surface area contributed by atoms with Gasteiger partial charge in [0.1, 0.15) is 28.2 Å². The van der Waals surface area contributed by atoms with Crippen LogP contribution in [0.1, 0.15) is 57.3 Å². The van der Waals surface area contributed by atoms with Crippen molar-refractivity contribution in [1.82, 2.24) is 14.9 Å². The number of aryl methyl sites for hydroxylation is 1. The number of ether oxygens (including phenoxy) is 2. The second-order valence-corrected chi connectivity index (χ2v) is 11.9. The maximum atomic E-state index is 12.9. The normalized spacial score (nSPS) is 22.5. The van der Waals surface area contributed by atoms with Crippen LogP contribution in [0.25, 0.3) is 16.6 Å². The Balaban J connectivity index is 1.23. The Morgan fingerprint density at radius 2 is 1.97 bits per heavy atom. The fraction of sp³-hybridized carbons (Fsp3) is 0.500. The van der Waals surface area contributed by atoms with Gasteiger partial charge in [0.05, 0.1) is 18.1 Å². The van der Waals surface area contributed by atoms with E-state index in [1.807, 2.05) is 26.0 Å². The van der Waals surface area contributed by atoms with Crippen LogP contribution < -0.4 is 4.74 Å². The number of hydrogen-bond donors (Lipinski definition) is 1. The number of aromatic nitrogens is 2. The highest BCUT2D eigenvalue weighted by Crippen LogP contribution is 2.53. The van der Waals surface area contributed by atoms with Crippen LogP contribution in [0.5, 0.6) is 5.75 Å². The van der Waals surface area contributed by atoms with Gasteiger partial charge in [0.2, 0.25) is 0 Å². The number of benzene rings is 2. The quantitative estimate of drug-likeness (QED) is 0.263. The third-order valence-electron chi connectivity index (χ3n) is 8.49. The first-order valence-electron chi connectivity index (χ1n) is 14.2. The first-order valence-corrected chi connectivity index (χ1v) is 14.6. The second kappa shape index (κ2) is 11.7. The Kier molecular flexibility index (Phi) is 8.34. The Morgan fingerprint density at radius 1 is 1.18 bits per heavy atom. The summed E-state index contributed by atoms with van der Waals surface area (Å²) in [6.07, 6.45) is 8.19. The highest BCUT2D eigenvalue weighted by atomic mass is 35.5. The molecular formula is C32H40ClN3O3. The largest absolute Gasteiger partial charge is 0.494 e. The molecule has 2 aromatic carbocycles. The predicted molar refractivity (Wildman–Crippen MR) is 157 cm³/mol. The fourth-order valence-corrected chi connectivity index (χ4v) is 6.49. The van der Waals surface area contributed by atoms with Crippen LogP contribution >= 0.6 is 11.6 Å². The summed E-state index contributed by atoms with van der Waals surface area (Å²) in [5.74, 6) is 2.13. The standard InChI is InChI=1S/C32H40ClN3O3/c1-21(2)31(37)39-32(20-23-12-13-24(32)19-25(23)22-9-6-5-7-10-22)16-18-36(3)17-8-11-28-34-29-26(33)14-15-27(38-4)30(29)35-28/h5-7,9-10,14-15,19,21,23-24H,8,11-13,16-18,20H2,1-4H3,(H,34,35)/t23-,24-,32+/m1/s1. The molecule has 6 nitrogen and oxygen atoms in total. The number of rotatable bonds is 11. The molecule has 2 bridgehead atoms. The molecule has 0 amide bonds. The van der Waals surface area contributed by atoms with Crippen LogP contribution in [0.15, 0.2) is 48.5 Å². The molecule has 3 aliphatic rings. The van der Waals surface area contributed by atoms with Gasteiger partial charge in [-0.15, -0.1) is 0 Å². The number of esters is 1. The minimum atomic E-state index is -0.428. The zero-order valence-electron chi connectivity index (χ0n) is 23.5. The number of aromatic amines is 1. The monoisotopic (exact) mass is 549 g/mol. The molecule has 208 valence electrons. The Bertz CT molecular complexity index is 1340. The molecule has 1 saturated carbocycles. The lowest BCUT2D eigenvalue weighted by atomic mass is 9.60. The van der Waals surface area contributed by atoms with E-state index in [0.29, 0.717) is 10.9 Å².